The van der Waals surface area contributed by atoms with E-state index >= 15 is 0 Å². The van der Waals surface area contributed by atoms with Gasteiger partial charge in [-0.25, -0.2) is 0 Å². The van der Waals surface area contributed by atoms with Crippen LogP contribution >= 0.6 is 0 Å². The van der Waals surface area contributed by atoms with E-state index in [0.29, 0.717) is 19.8 Å². The molecule has 3 nitrogen and oxygen atoms in total. The van der Waals surface area contributed by atoms with Crippen molar-refractivity contribution in [2.45, 2.75) is 49.7 Å². The summed E-state index contributed by atoms with van der Waals surface area (Å²) in [6.45, 7) is 5.76. The normalized spacial score (nSPS) is 27.2. The van der Waals surface area contributed by atoms with Crippen molar-refractivity contribution in [2.24, 2.45) is 0 Å². The van der Waals surface area contributed by atoms with Crippen LogP contribution in [0.2, 0.25) is 4.82 Å². The van der Waals surface area contributed by atoms with Gasteiger partial charge in [0.15, 0.2) is 0 Å². The van der Waals surface area contributed by atoms with Crippen molar-refractivity contribution >= 4 is 25.5 Å². The van der Waals surface area contributed by atoms with E-state index in [1.165, 1.54) is 4.46 Å². The first-order chi connectivity index (χ1) is 9.94. The van der Waals surface area contributed by atoms with E-state index in [0.717, 1.165) is 6.42 Å². The van der Waals surface area contributed by atoms with Gasteiger partial charge in [0.05, 0.1) is 0 Å². The minimum atomic E-state index is -0.431. The number of amides is 1. The quantitative estimate of drug-likeness (QED) is 0.606. The van der Waals surface area contributed by atoms with Gasteiger partial charge in [-0.05, 0) is 0 Å². The maximum absolute atomic E-state index is 12.4. The average Bonchev–Trinajstić information content (AvgIpc) is 2.95. The second-order valence-electron chi connectivity index (χ2n) is 6.54. The van der Waals surface area contributed by atoms with Crippen molar-refractivity contribution in [2.75, 3.05) is 0 Å². The van der Waals surface area contributed by atoms with Gasteiger partial charge in [0.25, 0.3) is 0 Å². The van der Waals surface area contributed by atoms with E-state index in [1.807, 2.05) is 31.7 Å². The van der Waals surface area contributed by atoms with Gasteiger partial charge in [-0.15, -0.1) is 0 Å². The number of carbonyl (C=O) groups excluding carboxylic acids is 1. The number of benzene rings is 1. The summed E-state index contributed by atoms with van der Waals surface area (Å²) in [6, 6.07) is 11.0. The number of hydrogen-bond acceptors (Lipinski definition) is 2. The molecule has 1 saturated heterocycles. The number of fused-ring (bicyclic) bond motifs is 2. The van der Waals surface area contributed by atoms with Crippen LogP contribution in [0, 0.1) is 0 Å². The topological polar surface area (TPSA) is 29.5 Å². The van der Waals surface area contributed by atoms with Crippen molar-refractivity contribution in [3.05, 3.63) is 42.5 Å². The molecule has 0 aliphatic carbocycles. The Morgan fingerprint density at radius 3 is 2.62 bits per heavy atom. The molecule has 2 bridgehead atoms. The predicted molar refractivity (Wildman–Crippen MR) is 85.0 cm³/mol. The Bertz CT molecular complexity index is 550. The van der Waals surface area contributed by atoms with Gasteiger partial charge >= 0.3 is 132 Å². The second kappa shape index (κ2) is 5.51. The molecule has 0 N–H and O–H groups in total. The number of ether oxygens (including phenoxy) is 1. The molecule has 1 aromatic rings. The van der Waals surface area contributed by atoms with Gasteiger partial charge in [-0.3, -0.25) is 0 Å². The van der Waals surface area contributed by atoms with Gasteiger partial charge in [-0.2, -0.15) is 0 Å². The Morgan fingerprint density at radius 1 is 1.24 bits per heavy atom. The standard InChI is InChI=1S/C17H21NO2Se/c1-17(2,3)20-16(19)18-12-9-10-14(18)15(11-12)21-13-7-5-4-6-8-13/h4-10,12,14-15H,11H2,1-3H3/t12-,14+,15+/m1/s1. The molecular formula is C17H21NO2Se. The molecule has 3 atom stereocenters. The Balaban J connectivity index is 1.69. The van der Waals surface area contributed by atoms with Crippen LogP contribution in [-0.4, -0.2) is 43.6 Å². The van der Waals surface area contributed by atoms with Gasteiger partial charge in [0, 0.05) is 0 Å². The average molecular weight is 350 g/mol. The molecule has 3 rings (SSSR count). The number of rotatable bonds is 2. The Kier molecular flexibility index (Phi) is 3.85. The molecule has 1 amide bonds. The minimum absolute atomic E-state index is 0.172. The molecule has 0 spiro atoms. The van der Waals surface area contributed by atoms with Gasteiger partial charge in [0.2, 0.25) is 0 Å². The summed E-state index contributed by atoms with van der Waals surface area (Å²) < 4.78 is 6.96. The summed E-state index contributed by atoms with van der Waals surface area (Å²) in [6.07, 6.45) is 5.24. The number of carbonyl (C=O) groups is 1. The molecular weight excluding hydrogens is 329 g/mol. The van der Waals surface area contributed by atoms with Crippen molar-refractivity contribution in [1.29, 1.82) is 0 Å². The zero-order chi connectivity index (χ0) is 15.0. The third-order valence-electron chi connectivity index (χ3n) is 3.70. The summed E-state index contributed by atoms with van der Waals surface area (Å²) >= 11 is 0.395. The van der Waals surface area contributed by atoms with Crippen molar-refractivity contribution < 1.29 is 9.53 Å². The molecule has 0 unspecified atom stereocenters. The summed E-state index contributed by atoms with van der Waals surface area (Å²) in [7, 11) is 0. The van der Waals surface area contributed by atoms with E-state index in [9.17, 15) is 4.79 Å². The third kappa shape index (κ3) is 3.17. The molecule has 2 heterocycles. The molecule has 112 valence electrons. The van der Waals surface area contributed by atoms with Crippen LogP contribution in [0.3, 0.4) is 0 Å². The first-order valence-corrected chi connectivity index (χ1v) is 9.20. The van der Waals surface area contributed by atoms with Crippen molar-refractivity contribution in [3.63, 3.8) is 0 Å². The molecule has 21 heavy (non-hydrogen) atoms. The van der Waals surface area contributed by atoms with Crippen LogP contribution in [0.4, 0.5) is 4.79 Å². The predicted octanol–water partition coefficient (Wildman–Crippen LogP) is 2.75. The third-order valence-corrected chi connectivity index (χ3v) is 6.46. The first kappa shape index (κ1) is 14.7. The number of nitrogens with zero attached hydrogens (tertiary/aromatic N) is 1. The molecule has 0 aromatic heterocycles. The maximum atomic E-state index is 12.4. The summed E-state index contributed by atoms with van der Waals surface area (Å²) in [4.78, 5) is 14.9. The summed E-state index contributed by atoms with van der Waals surface area (Å²) in [5.74, 6) is 0. The van der Waals surface area contributed by atoms with E-state index in [2.05, 4.69) is 36.4 Å². The first-order valence-electron chi connectivity index (χ1n) is 7.35. The molecule has 0 saturated carbocycles. The molecule has 1 fully saturated rings. The van der Waals surface area contributed by atoms with Crippen LogP contribution in [0.25, 0.3) is 0 Å². The fourth-order valence-electron chi connectivity index (χ4n) is 2.88. The van der Waals surface area contributed by atoms with E-state index in [4.69, 9.17) is 4.74 Å². The zero-order valence-corrected chi connectivity index (χ0v) is 14.4. The van der Waals surface area contributed by atoms with Gasteiger partial charge in [-0.1, -0.05) is 0 Å². The van der Waals surface area contributed by atoms with Crippen molar-refractivity contribution in [1.82, 2.24) is 4.90 Å². The van der Waals surface area contributed by atoms with E-state index in [1.54, 1.807) is 0 Å². The van der Waals surface area contributed by atoms with E-state index < -0.39 is 5.60 Å². The second-order valence-corrected chi connectivity index (χ2v) is 9.29. The summed E-state index contributed by atoms with van der Waals surface area (Å²) in [5, 5.41) is 0. The van der Waals surface area contributed by atoms with Crippen LogP contribution in [0.15, 0.2) is 42.5 Å². The molecule has 1 aromatic carbocycles. The number of hydrogen-bond donors (Lipinski definition) is 0. The monoisotopic (exact) mass is 351 g/mol. The van der Waals surface area contributed by atoms with Crippen LogP contribution in [0.1, 0.15) is 27.2 Å². The Labute approximate surface area is 132 Å². The molecule has 2 aliphatic rings. The Morgan fingerprint density at radius 2 is 1.95 bits per heavy atom. The van der Waals surface area contributed by atoms with Gasteiger partial charge < -0.3 is 0 Å². The SMILES string of the molecule is CC(C)(C)OC(=O)N1[C@@H]2C=C[C@H]1[C@@H]([Se]c1ccccc1)C2. The van der Waals surface area contributed by atoms with Gasteiger partial charge in [0.1, 0.15) is 0 Å². The van der Waals surface area contributed by atoms with Crippen molar-refractivity contribution in [3.8, 4) is 0 Å². The summed E-state index contributed by atoms with van der Waals surface area (Å²) in [5.41, 5.74) is -0.431. The van der Waals surface area contributed by atoms with Crippen LogP contribution < -0.4 is 4.46 Å². The van der Waals surface area contributed by atoms with E-state index in [-0.39, 0.29) is 18.2 Å². The fraction of sp³-hybridized carbons (Fsp3) is 0.471. The molecule has 0 radical (unpaired) electrons. The fourth-order valence-corrected chi connectivity index (χ4v) is 5.65. The Hall–Kier alpha value is -1.25. The van der Waals surface area contributed by atoms with Crippen LogP contribution in [-0.2, 0) is 4.74 Å². The zero-order valence-electron chi connectivity index (χ0n) is 12.7. The molecule has 2 aliphatic heterocycles. The van der Waals surface area contributed by atoms with Crippen LogP contribution in [0.5, 0.6) is 0 Å². The molecule has 4 heteroatoms.